The minimum atomic E-state index is -0.508. The topological polar surface area (TPSA) is 47.1 Å². The van der Waals surface area contributed by atoms with Crippen molar-refractivity contribution in [3.05, 3.63) is 0 Å². The zero-order valence-corrected chi connectivity index (χ0v) is 7.33. The van der Waals surface area contributed by atoms with E-state index in [1.807, 2.05) is 0 Å². The van der Waals surface area contributed by atoms with E-state index in [1.165, 1.54) is 0 Å². The minimum Gasteiger partial charge on any atom is -0.870 e. The van der Waals surface area contributed by atoms with E-state index in [-0.39, 0.29) is 40.9 Å². The molecule has 38 valence electrons. The van der Waals surface area contributed by atoms with E-state index < -0.39 is 5.24 Å². The Morgan fingerprint density at radius 3 is 1.71 bits per heavy atom. The van der Waals surface area contributed by atoms with Crippen LogP contribution in [0.4, 0.5) is 0 Å². The molecule has 0 aromatic rings. The van der Waals surface area contributed by atoms with Crippen molar-refractivity contribution in [2.24, 2.45) is 0 Å². The molecule has 0 atom stereocenters. The molecule has 0 aromatic carbocycles. The van der Waals surface area contributed by atoms with Gasteiger partial charge in [0.25, 0.3) is 0 Å². The number of carbonyl (C=O) groups excluding carboxylic acids is 1. The van der Waals surface area contributed by atoms with Gasteiger partial charge in [0.2, 0.25) is 5.24 Å². The Balaban J connectivity index is -0.0000000800. The SMILES string of the molecule is O=C(Cl)CCl.[Na+].[OH-]. The second-order valence-electron chi connectivity index (χ2n) is 0.489. The van der Waals surface area contributed by atoms with Gasteiger partial charge in [-0.25, -0.2) is 0 Å². The smallest absolute Gasteiger partial charge is 0.870 e. The molecular weight excluding hydrogens is 150 g/mol. The molecule has 7 heavy (non-hydrogen) atoms. The molecule has 0 saturated heterocycles. The van der Waals surface area contributed by atoms with Gasteiger partial charge in [0.15, 0.2) is 0 Å². The van der Waals surface area contributed by atoms with Gasteiger partial charge in [0.1, 0.15) is 0 Å². The van der Waals surface area contributed by atoms with Crippen LogP contribution in [0.3, 0.4) is 0 Å². The van der Waals surface area contributed by atoms with Crippen LogP contribution in [0.25, 0.3) is 0 Å². The molecule has 5 heteroatoms. The Labute approximate surface area is 73.8 Å². The Hall–Kier alpha value is 1.21. The molecule has 0 saturated carbocycles. The molecule has 0 aromatic heterocycles. The molecule has 0 bridgehead atoms. The first-order valence-corrected chi connectivity index (χ1v) is 1.93. The molecule has 0 rings (SSSR count). The van der Waals surface area contributed by atoms with E-state index in [1.54, 1.807) is 0 Å². The molecule has 0 radical (unpaired) electrons. The van der Waals surface area contributed by atoms with Gasteiger partial charge in [-0.1, -0.05) is 0 Å². The fourth-order valence-corrected chi connectivity index (χ4v) is 0. The number of halogens is 2. The Morgan fingerprint density at radius 2 is 1.71 bits per heavy atom. The Bertz CT molecular complexity index is 49.0. The van der Waals surface area contributed by atoms with Crippen molar-refractivity contribution in [2.45, 2.75) is 0 Å². The van der Waals surface area contributed by atoms with Crippen LogP contribution in [0.1, 0.15) is 0 Å². The van der Waals surface area contributed by atoms with Gasteiger partial charge >= 0.3 is 29.6 Å². The molecule has 2 nitrogen and oxygen atoms in total. The van der Waals surface area contributed by atoms with Crippen molar-refractivity contribution in [1.29, 1.82) is 0 Å². The van der Waals surface area contributed by atoms with Crippen LogP contribution >= 0.6 is 23.2 Å². The van der Waals surface area contributed by atoms with Gasteiger partial charge in [-0.15, -0.1) is 11.6 Å². The first-order chi connectivity index (χ1) is 2.27. The summed E-state index contributed by atoms with van der Waals surface area (Å²) < 4.78 is 0. The minimum absolute atomic E-state index is 0. The molecule has 0 fully saturated rings. The molecule has 0 spiro atoms. The second kappa shape index (κ2) is 10.2. The van der Waals surface area contributed by atoms with Gasteiger partial charge in [0.05, 0.1) is 5.88 Å². The summed E-state index contributed by atoms with van der Waals surface area (Å²) in [7, 11) is 0. The van der Waals surface area contributed by atoms with Crippen LogP contribution in [-0.4, -0.2) is 16.6 Å². The second-order valence-corrected chi connectivity index (χ2v) is 1.18. The first kappa shape index (κ1) is 15.7. The van der Waals surface area contributed by atoms with E-state index in [9.17, 15) is 4.79 Å². The summed E-state index contributed by atoms with van der Waals surface area (Å²) in [5.74, 6) is -0.0957. The van der Waals surface area contributed by atoms with Gasteiger partial charge in [-0.2, -0.15) is 0 Å². The van der Waals surface area contributed by atoms with Crippen LogP contribution in [0, 0.1) is 0 Å². The molecule has 0 aliphatic carbocycles. The third-order valence-corrected chi connectivity index (χ3v) is 0.618. The van der Waals surface area contributed by atoms with Gasteiger partial charge in [-0.3, -0.25) is 4.79 Å². The quantitative estimate of drug-likeness (QED) is 0.244. The van der Waals surface area contributed by atoms with Crippen molar-refractivity contribution in [3.63, 3.8) is 0 Å². The van der Waals surface area contributed by atoms with Crippen LogP contribution in [0.5, 0.6) is 0 Å². The van der Waals surface area contributed by atoms with E-state index >= 15 is 0 Å². The fourth-order valence-electron chi connectivity index (χ4n) is 0. The zero-order valence-electron chi connectivity index (χ0n) is 3.82. The van der Waals surface area contributed by atoms with Crippen molar-refractivity contribution in [1.82, 2.24) is 0 Å². The first-order valence-electron chi connectivity index (χ1n) is 1.01. The molecule has 1 N–H and O–H groups in total. The molecule has 0 aliphatic heterocycles. The monoisotopic (exact) mass is 152 g/mol. The predicted octanol–water partition coefficient (Wildman–Crippen LogP) is -2.18. The average Bonchev–Trinajstić information content (AvgIpc) is 1.38. The summed E-state index contributed by atoms with van der Waals surface area (Å²) >= 11 is 9.55. The number of carbonyl (C=O) groups is 1. The average molecular weight is 153 g/mol. The van der Waals surface area contributed by atoms with Crippen molar-refractivity contribution in [3.8, 4) is 0 Å². The molecular formula is C2H3Cl2NaO2. The number of rotatable bonds is 1. The van der Waals surface area contributed by atoms with Gasteiger partial charge < -0.3 is 5.48 Å². The normalized spacial score (nSPS) is 5.43. The maximum absolute atomic E-state index is 9.45. The van der Waals surface area contributed by atoms with Crippen LogP contribution < -0.4 is 29.6 Å². The third-order valence-electron chi connectivity index (χ3n) is 0.105. The standard InChI is InChI=1S/C2H2Cl2O.Na.H2O/c3-1-2(4)5;;/h1H2;;1H2/q;+1;/p-1. The van der Waals surface area contributed by atoms with E-state index in [0.29, 0.717) is 0 Å². The number of hydrogen-bond donors (Lipinski definition) is 0. The summed E-state index contributed by atoms with van der Waals surface area (Å²) in [4.78, 5) is 9.45. The summed E-state index contributed by atoms with van der Waals surface area (Å²) in [6, 6.07) is 0. The van der Waals surface area contributed by atoms with E-state index in [2.05, 4.69) is 0 Å². The van der Waals surface area contributed by atoms with Crippen LogP contribution in [0.2, 0.25) is 0 Å². The van der Waals surface area contributed by atoms with Crippen LogP contribution in [0.15, 0.2) is 0 Å². The fraction of sp³-hybridized carbons (Fsp3) is 0.500. The summed E-state index contributed by atoms with van der Waals surface area (Å²) in [5, 5.41) is -0.508. The maximum atomic E-state index is 9.45. The van der Waals surface area contributed by atoms with Crippen molar-refractivity contribution < 1.29 is 39.8 Å². The predicted molar refractivity (Wildman–Crippen MR) is 23.5 cm³/mol. The summed E-state index contributed by atoms with van der Waals surface area (Å²) in [6.45, 7) is 0. The molecule has 0 unspecified atom stereocenters. The summed E-state index contributed by atoms with van der Waals surface area (Å²) in [5.41, 5.74) is 0. The number of hydrogen-bond acceptors (Lipinski definition) is 2. The van der Waals surface area contributed by atoms with Crippen LogP contribution in [-0.2, 0) is 4.79 Å². The molecule has 0 heterocycles. The van der Waals surface area contributed by atoms with E-state index in [0.717, 1.165) is 0 Å². The largest absolute Gasteiger partial charge is 1.00 e. The Kier molecular flexibility index (Phi) is 23.0. The zero-order chi connectivity index (χ0) is 4.28. The van der Waals surface area contributed by atoms with Gasteiger partial charge in [0, 0.05) is 0 Å². The summed E-state index contributed by atoms with van der Waals surface area (Å²) in [6.07, 6.45) is 0. The maximum Gasteiger partial charge on any atom is 1.00 e. The van der Waals surface area contributed by atoms with Gasteiger partial charge in [-0.05, 0) is 11.6 Å². The number of alkyl halides is 1. The molecule has 0 aliphatic rings. The van der Waals surface area contributed by atoms with Crippen molar-refractivity contribution in [2.75, 3.05) is 5.88 Å². The van der Waals surface area contributed by atoms with Crippen molar-refractivity contribution >= 4 is 28.4 Å². The third kappa shape index (κ3) is 19.0. The molecule has 0 amide bonds. The van der Waals surface area contributed by atoms with E-state index in [4.69, 9.17) is 23.2 Å². The Morgan fingerprint density at radius 1 is 1.57 bits per heavy atom.